The summed E-state index contributed by atoms with van der Waals surface area (Å²) in [5, 5.41) is 7.01. The zero-order valence-corrected chi connectivity index (χ0v) is 17.5. The van der Waals surface area contributed by atoms with Gasteiger partial charge in [-0.25, -0.2) is 9.67 Å². The molecule has 4 heterocycles. The highest BCUT2D eigenvalue weighted by atomic mass is 16.2. The molecule has 2 aliphatic heterocycles. The smallest absolute Gasteiger partial charge is 0.315 e. The maximum absolute atomic E-state index is 12.8. The average Bonchev–Trinajstić information content (AvgIpc) is 3.34. The van der Waals surface area contributed by atoms with Crippen LogP contribution in [-0.2, 0) is 28.1 Å². The Morgan fingerprint density at radius 2 is 2.00 bits per heavy atom. The minimum absolute atomic E-state index is 0.187. The Hall–Kier alpha value is -2.64. The highest BCUT2D eigenvalue weighted by Crippen LogP contribution is 2.29. The fourth-order valence-corrected chi connectivity index (χ4v) is 4.40. The van der Waals surface area contributed by atoms with Crippen molar-refractivity contribution in [3.63, 3.8) is 0 Å². The van der Waals surface area contributed by atoms with Gasteiger partial charge in [0.15, 0.2) is 0 Å². The highest BCUT2D eigenvalue weighted by Gasteiger charge is 2.32. The number of rotatable bonds is 2. The quantitative estimate of drug-likeness (QED) is 0.788. The molecule has 0 bridgehead atoms. The second kappa shape index (κ2) is 7.65. The number of nitrogens with one attached hydrogen (secondary N) is 1. The Bertz CT molecular complexity index is 907. The molecule has 0 spiro atoms. The van der Waals surface area contributed by atoms with E-state index in [1.807, 2.05) is 27.0 Å². The first kappa shape index (κ1) is 19.7. The van der Waals surface area contributed by atoms with Crippen LogP contribution in [0.3, 0.4) is 0 Å². The fourth-order valence-electron chi connectivity index (χ4n) is 4.40. The Labute approximate surface area is 171 Å². The van der Waals surface area contributed by atoms with Crippen LogP contribution >= 0.6 is 0 Å². The molecule has 0 saturated carbocycles. The summed E-state index contributed by atoms with van der Waals surface area (Å²) in [5.74, 6) is 0.700. The third-order valence-corrected chi connectivity index (χ3v) is 5.82. The number of carbonyl (C=O) groups is 2. The zero-order chi connectivity index (χ0) is 20.6. The van der Waals surface area contributed by atoms with Crippen LogP contribution < -0.4 is 5.32 Å². The summed E-state index contributed by atoms with van der Waals surface area (Å²) >= 11 is 0. The molecule has 1 saturated heterocycles. The lowest BCUT2D eigenvalue weighted by Gasteiger charge is -2.33. The normalized spacial score (nSPS) is 19.7. The van der Waals surface area contributed by atoms with Gasteiger partial charge < -0.3 is 14.8 Å². The zero-order valence-electron chi connectivity index (χ0n) is 17.5. The number of aryl methyl sites for hydroxylation is 1. The number of hydrogen-bond acceptors (Lipinski definition) is 4. The number of hydrogen-bond donors (Lipinski definition) is 1. The van der Waals surface area contributed by atoms with E-state index in [0.29, 0.717) is 18.9 Å². The summed E-state index contributed by atoms with van der Waals surface area (Å²) in [4.78, 5) is 31.8. The third-order valence-electron chi connectivity index (χ3n) is 5.82. The Balaban J connectivity index is 1.44. The molecule has 1 N–H and O–H groups in total. The van der Waals surface area contributed by atoms with Gasteiger partial charge in [-0.3, -0.25) is 9.59 Å². The van der Waals surface area contributed by atoms with Crippen molar-refractivity contribution in [1.29, 1.82) is 0 Å². The highest BCUT2D eigenvalue weighted by molar-refractivity contribution is 6.39. The predicted octanol–water partition coefficient (Wildman–Crippen LogP) is 2.52. The van der Waals surface area contributed by atoms with Crippen LogP contribution in [0.1, 0.15) is 63.9 Å². The first-order valence-electron chi connectivity index (χ1n) is 10.5. The molecular formula is C21H30N6O2. The van der Waals surface area contributed by atoms with Gasteiger partial charge in [0, 0.05) is 43.5 Å². The first-order chi connectivity index (χ1) is 13.8. The second-order valence-electron chi connectivity index (χ2n) is 9.06. The predicted molar refractivity (Wildman–Crippen MR) is 110 cm³/mol. The molecule has 0 aromatic carbocycles. The number of nitrogens with zero attached hydrogens (tertiary/aromatic N) is 5. The summed E-state index contributed by atoms with van der Waals surface area (Å²) < 4.78 is 4.04. The fraction of sp³-hybridized carbons (Fsp3) is 0.619. The van der Waals surface area contributed by atoms with Crippen LogP contribution in [0.15, 0.2) is 18.5 Å². The summed E-state index contributed by atoms with van der Waals surface area (Å²) in [5.41, 5.74) is 1.01. The molecule has 8 nitrogen and oxygen atoms in total. The molecule has 8 heteroatoms. The van der Waals surface area contributed by atoms with E-state index >= 15 is 0 Å². The molecule has 156 valence electrons. The SMILES string of the molecule is CC(C)(C)n1nccc1NC(=O)C(=O)N1CCCC(c2ncc3n2CCCC3)C1. The molecule has 0 aliphatic carbocycles. The molecule has 2 amide bonds. The summed E-state index contributed by atoms with van der Waals surface area (Å²) in [7, 11) is 0. The molecule has 0 radical (unpaired) electrons. The number of carbonyl (C=O) groups excluding carboxylic acids is 2. The maximum atomic E-state index is 12.8. The van der Waals surface area contributed by atoms with Gasteiger partial charge in [0.05, 0.1) is 11.7 Å². The van der Waals surface area contributed by atoms with Gasteiger partial charge in [-0.05, 0) is 52.9 Å². The lowest BCUT2D eigenvalue weighted by atomic mass is 9.96. The van der Waals surface area contributed by atoms with Crippen LogP contribution in [0.25, 0.3) is 0 Å². The molecule has 2 aromatic heterocycles. The number of anilines is 1. The second-order valence-corrected chi connectivity index (χ2v) is 9.06. The van der Waals surface area contributed by atoms with E-state index in [9.17, 15) is 9.59 Å². The lowest BCUT2D eigenvalue weighted by Crippen LogP contribution is -2.45. The van der Waals surface area contributed by atoms with Crippen molar-refractivity contribution in [2.75, 3.05) is 18.4 Å². The van der Waals surface area contributed by atoms with Crippen molar-refractivity contribution < 1.29 is 9.59 Å². The van der Waals surface area contributed by atoms with Gasteiger partial charge in [0.2, 0.25) is 0 Å². The molecular weight excluding hydrogens is 368 g/mol. The van der Waals surface area contributed by atoms with Crippen molar-refractivity contribution in [3.05, 3.63) is 30.0 Å². The van der Waals surface area contributed by atoms with Gasteiger partial charge in [-0.15, -0.1) is 0 Å². The lowest BCUT2D eigenvalue weighted by molar-refractivity contribution is -0.144. The summed E-state index contributed by atoms with van der Waals surface area (Å²) in [6.45, 7) is 8.15. The molecule has 29 heavy (non-hydrogen) atoms. The van der Waals surface area contributed by atoms with E-state index in [1.165, 1.54) is 18.5 Å². The number of fused-ring (bicyclic) bond motifs is 1. The van der Waals surface area contributed by atoms with Crippen molar-refractivity contribution >= 4 is 17.6 Å². The van der Waals surface area contributed by atoms with Gasteiger partial charge in [0.1, 0.15) is 11.6 Å². The van der Waals surface area contributed by atoms with E-state index in [0.717, 1.165) is 31.6 Å². The van der Waals surface area contributed by atoms with Gasteiger partial charge in [-0.2, -0.15) is 5.10 Å². The van der Waals surface area contributed by atoms with E-state index in [1.54, 1.807) is 21.8 Å². The van der Waals surface area contributed by atoms with Crippen LogP contribution in [0.5, 0.6) is 0 Å². The third kappa shape index (κ3) is 3.93. The number of piperidine rings is 1. The van der Waals surface area contributed by atoms with Crippen LogP contribution in [0.2, 0.25) is 0 Å². The Kier molecular flexibility index (Phi) is 5.19. The molecule has 1 atom stereocenters. The van der Waals surface area contributed by atoms with Gasteiger partial charge >= 0.3 is 11.8 Å². The molecule has 2 aromatic rings. The summed E-state index contributed by atoms with van der Waals surface area (Å²) in [6, 6.07) is 1.71. The molecule has 1 fully saturated rings. The Morgan fingerprint density at radius 3 is 2.79 bits per heavy atom. The van der Waals surface area contributed by atoms with E-state index in [-0.39, 0.29) is 11.5 Å². The van der Waals surface area contributed by atoms with Crippen molar-refractivity contribution in [1.82, 2.24) is 24.2 Å². The average molecular weight is 399 g/mol. The number of likely N-dealkylation sites (tertiary alicyclic amines) is 1. The van der Waals surface area contributed by atoms with Crippen molar-refractivity contribution in [2.45, 2.75) is 70.9 Å². The summed E-state index contributed by atoms with van der Waals surface area (Å²) in [6.07, 6.45) is 8.96. The maximum Gasteiger partial charge on any atom is 0.315 e. The van der Waals surface area contributed by atoms with E-state index in [2.05, 4.69) is 20.0 Å². The molecule has 1 unspecified atom stereocenters. The molecule has 2 aliphatic rings. The van der Waals surface area contributed by atoms with E-state index < -0.39 is 11.8 Å². The van der Waals surface area contributed by atoms with E-state index in [4.69, 9.17) is 0 Å². The van der Waals surface area contributed by atoms with Gasteiger partial charge in [-0.1, -0.05) is 0 Å². The Morgan fingerprint density at radius 1 is 1.17 bits per heavy atom. The van der Waals surface area contributed by atoms with Crippen molar-refractivity contribution in [2.24, 2.45) is 0 Å². The number of aromatic nitrogens is 4. The van der Waals surface area contributed by atoms with Crippen LogP contribution in [0, 0.1) is 0 Å². The van der Waals surface area contributed by atoms with Crippen LogP contribution in [0.4, 0.5) is 5.82 Å². The van der Waals surface area contributed by atoms with Gasteiger partial charge in [0.25, 0.3) is 0 Å². The first-order valence-corrected chi connectivity index (χ1v) is 10.5. The topological polar surface area (TPSA) is 85.1 Å². The van der Waals surface area contributed by atoms with Crippen LogP contribution in [-0.4, -0.2) is 49.1 Å². The minimum Gasteiger partial charge on any atom is -0.334 e. The van der Waals surface area contributed by atoms with Crippen molar-refractivity contribution in [3.8, 4) is 0 Å². The molecule has 4 rings (SSSR count). The standard InChI is InChI=1S/C21H30N6O2/c1-21(2,3)27-17(9-10-23-27)24-19(28)20(29)25-11-6-7-15(14-25)18-22-13-16-8-4-5-12-26(16)18/h9-10,13,15H,4-8,11-12,14H2,1-3H3,(H,24,28). The minimum atomic E-state index is -0.609. The monoisotopic (exact) mass is 398 g/mol. The number of amides is 2. The number of imidazole rings is 1. The largest absolute Gasteiger partial charge is 0.334 e.